The van der Waals surface area contributed by atoms with Crippen LogP contribution < -0.4 is 0 Å². The first kappa shape index (κ1) is 13.3. The average molecular weight is 324 g/mol. The van der Waals surface area contributed by atoms with Crippen molar-refractivity contribution >= 4 is 54.7 Å². The Morgan fingerprint density at radius 1 is 1.05 bits per heavy atom. The minimum Gasteiger partial charge on any atom is -0.229 e. The fourth-order valence-electron chi connectivity index (χ4n) is 1.62. The van der Waals surface area contributed by atoms with Crippen molar-refractivity contribution < 1.29 is 0 Å². The Balaban J connectivity index is 1.76. The maximum atomic E-state index is 5.87. The number of nitrogens with zero attached hydrogens (tertiary/aromatic N) is 1. The molecule has 0 aliphatic carbocycles. The summed E-state index contributed by atoms with van der Waals surface area (Å²) in [5.74, 6) is 0. The number of benzene rings is 2. The molecule has 0 unspecified atom stereocenters. The second-order valence-electron chi connectivity index (χ2n) is 4.07. The molecule has 0 spiro atoms. The molecule has 1 aromatic heterocycles. The van der Waals surface area contributed by atoms with Crippen LogP contribution in [0.3, 0.4) is 0 Å². The largest absolute Gasteiger partial charge is 0.229 e. The van der Waals surface area contributed by atoms with Crippen LogP contribution in [0.1, 0.15) is 5.56 Å². The van der Waals surface area contributed by atoms with Crippen molar-refractivity contribution in [3.8, 4) is 0 Å². The molecule has 1 heterocycles. The summed E-state index contributed by atoms with van der Waals surface area (Å²) >= 11 is 7.61. The quantitative estimate of drug-likeness (QED) is 0.544. The fourth-order valence-corrected chi connectivity index (χ4v) is 5.06. The first-order valence-electron chi connectivity index (χ1n) is 5.68. The van der Waals surface area contributed by atoms with E-state index in [9.17, 15) is 0 Å². The van der Waals surface area contributed by atoms with Crippen LogP contribution in [0.5, 0.6) is 0 Å². The Morgan fingerprint density at radius 3 is 2.63 bits per heavy atom. The average Bonchev–Trinajstić information content (AvgIpc) is 2.80. The van der Waals surface area contributed by atoms with Crippen LogP contribution in [0.15, 0.2) is 51.7 Å². The summed E-state index contributed by atoms with van der Waals surface area (Å²) in [7, 11) is 3.40. The number of thiazole rings is 1. The topological polar surface area (TPSA) is 12.9 Å². The van der Waals surface area contributed by atoms with E-state index in [0.29, 0.717) is 0 Å². The Bertz CT molecular complexity index is 706. The van der Waals surface area contributed by atoms with Gasteiger partial charge in [0.2, 0.25) is 0 Å². The third kappa shape index (κ3) is 3.26. The first-order chi connectivity index (χ1) is 9.20. The van der Waals surface area contributed by atoms with Gasteiger partial charge >= 0.3 is 0 Å². The second kappa shape index (κ2) is 5.75. The van der Waals surface area contributed by atoms with E-state index in [1.165, 1.54) is 15.2 Å². The summed E-state index contributed by atoms with van der Waals surface area (Å²) in [5.41, 5.74) is 2.35. The van der Waals surface area contributed by atoms with Crippen molar-refractivity contribution in [1.82, 2.24) is 4.98 Å². The van der Waals surface area contributed by atoms with Crippen LogP contribution >= 0.6 is 44.5 Å². The van der Waals surface area contributed by atoms with E-state index in [1.807, 2.05) is 24.3 Å². The molecule has 3 aromatic rings. The summed E-state index contributed by atoms with van der Waals surface area (Å²) in [6.07, 6.45) is 0. The van der Waals surface area contributed by atoms with Gasteiger partial charge in [0.25, 0.3) is 0 Å². The lowest BCUT2D eigenvalue weighted by Crippen LogP contribution is -1.70. The number of fused-ring (bicyclic) bond motifs is 1. The highest BCUT2D eigenvalue weighted by Crippen LogP contribution is 2.41. The van der Waals surface area contributed by atoms with Crippen molar-refractivity contribution in [1.29, 1.82) is 0 Å². The maximum absolute atomic E-state index is 5.87. The molecular formula is C14H10ClNS3. The molecule has 0 N–H and O–H groups in total. The SMILES string of the molecule is Cc1ccc2nc(SSc3ccc(Cl)cc3)sc2c1. The predicted molar refractivity (Wildman–Crippen MR) is 87.5 cm³/mol. The van der Waals surface area contributed by atoms with Gasteiger partial charge in [0.05, 0.1) is 10.2 Å². The number of rotatable bonds is 3. The summed E-state index contributed by atoms with van der Waals surface area (Å²) < 4.78 is 2.33. The zero-order valence-electron chi connectivity index (χ0n) is 10.1. The molecule has 0 radical (unpaired) electrons. The number of aryl methyl sites for hydroxylation is 1. The van der Waals surface area contributed by atoms with Gasteiger partial charge in [0, 0.05) is 9.92 Å². The molecule has 96 valence electrons. The minimum absolute atomic E-state index is 0.768. The molecule has 0 bridgehead atoms. The molecule has 1 nitrogen and oxygen atoms in total. The molecule has 0 saturated heterocycles. The molecule has 0 aliphatic heterocycles. The van der Waals surface area contributed by atoms with Gasteiger partial charge in [0.15, 0.2) is 4.34 Å². The van der Waals surface area contributed by atoms with Gasteiger partial charge in [-0.05, 0) is 59.7 Å². The van der Waals surface area contributed by atoms with Crippen LogP contribution in [0.25, 0.3) is 10.2 Å². The number of halogens is 1. The van der Waals surface area contributed by atoms with Gasteiger partial charge in [-0.2, -0.15) is 0 Å². The van der Waals surface area contributed by atoms with E-state index in [4.69, 9.17) is 11.6 Å². The van der Waals surface area contributed by atoms with Crippen molar-refractivity contribution in [2.75, 3.05) is 0 Å². The summed E-state index contributed by atoms with van der Waals surface area (Å²) in [4.78, 5) is 5.81. The maximum Gasteiger partial charge on any atom is 0.162 e. The lowest BCUT2D eigenvalue weighted by atomic mass is 10.2. The van der Waals surface area contributed by atoms with Crippen LogP contribution in [0.4, 0.5) is 0 Å². The standard InChI is InChI=1S/C14H10ClNS3/c1-9-2-7-12-13(8-9)17-14(16-12)19-18-11-5-3-10(15)4-6-11/h2-8H,1H3. The van der Waals surface area contributed by atoms with Gasteiger partial charge in [0.1, 0.15) is 0 Å². The van der Waals surface area contributed by atoms with E-state index < -0.39 is 0 Å². The monoisotopic (exact) mass is 323 g/mol. The Labute approximate surface area is 128 Å². The predicted octanol–water partition coefficient (Wildman–Crippen LogP) is 6.06. The first-order valence-corrected chi connectivity index (χ1v) is 9.02. The molecule has 3 rings (SSSR count). The highest BCUT2D eigenvalue weighted by molar-refractivity contribution is 8.77. The highest BCUT2D eigenvalue weighted by atomic mass is 35.5. The molecule has 0 saturated carbocycles. The number of hydrogen-bond acceptors (Lipinski definition) is 4. The van der Waals surface area contributed by atoms with Crippen LogP contribution in [-0.2, 0) is 0 Å². The Kier molecular flexibility index (Phi) is 4.03. The van der Waals surface area contributed by atoms with Crippen molar-refractivity contribution in [2.24, 2.45) is 0 Å². The van der Waals surface area contributed by atoms with Gasteiger partial charge in [-0.1, -0.05) is 28.5 Å². The van der Waals surface area contributed by atoms with Crippen molar-refractivity contribution in [3.63, 3.8) is 0 Å². The van der Waals surface area contributed by atoms with Gasteiger partial charge in [-0.25, -0.2) is 4.98 Å². The smallest absolute Gasteiger partial charge is 0.162 e. The van der Waals surface area contributed by atoms with E-state index in [-0.39, 0.29) is 0 Å². The normalized spacial score (nSPS) is 11.1. The zero-order valence-corrected chi connectivity index (χ0v) is 13.3. The highest BCUT2D eigenvalue weighted by Gasteiger charge is 2.05. The molecule has 19 heavy (non-hydrogen) atoms. The molecule has 0 fully saturated rings. The second-order valence-corrected chi connectivity index (χ2v) is 7.99. The van der Waals surface area contributed by atoms with E-state index in [2.05, 4.69) is 30.1 Å². The molecule has 5 heteroatoms. The summed E-state index contributed by atoms with van der Waals surface area (Å²) in [6.45, 7) is 2.11. The van der Waals surface area contributed by atoms with E-state index >= 15 is 0 Å². The fraction of sp³-hybridized carbons (Fsp3) is 0.0714. The van der Waals surface area contributed by atoms with E-state index in [1.54, 1.807) is 32.9 Å². The van der Waals surface area contributed by atoms with Crippen LogP contribution in [0.2, 0.25) is 5.02 Å². The summed E-state index contributed by atoms with van der Waals surface area (Å²) in [6, 6.07) is 14.2. The lowest BCUT2D eigenvalue weighted by Gasteiger charge is -1.97. The van der Waals surface area contributed by atoms with Gasteiger partial charge < -0.3 is 0 Å². The molecule has 2 aromatic carbocycles. The van der Waals surface area contributed by atoms with Crippen molar-refractivity contribution in [2.45, 2.75) is 16.2 Å². The number of hydrogen-bond donors (Lipinski definition) is 0. The van der Waals surface area contributed by atoms with E-state index in [0.717, 1.165) is 14.9 Å². The number of aromatic nitrogens is 1. The minimum atomic E-state index is 0.768. The Hall–Kier alpha value is -0.680. The molecule has 0 aliphatic rings. The third-order valence-corrected chi connectivity index (χ3v) is 6.51. The van der Waals surface area contributed by atoms with Crippen LogP contribution in [-0.4, -0.2) is 4.98 Å². The third-order valence-electron chi connectivity index (χ3n) is 2.55. The molecule has 0 amide bonds. The Morgan fingerprint density at radius 2 is 1.84 bits per heavy atom. The van der Waals surface area contributed by atoms with Crippen LogP contribution in [0, 0.1) is 6.92 Å². The lowest BCUT2D eigenvalue weighted by molar-refractivity contribution is 1.31. The van der Waals surface area contributed by atoms with Crippen molar-refractivity contribution in [3.05, 3.63) is 53.1 Å². The van der Waals surface area contributed by atoms with Gasteiger partial charge in [-0.3, -0.25) is 0 Å². The zero-order chi connectivity index (χ0) is 13.2. The molecule has 0 atom stereocenters. The van der Waals surface area contributed by atoms with Gasteiger partial charge in [-0.15, -0.1) is 11.3 Å². The summed E-state index contributed by atoms with van der Waals surface area (Å²) in [5, 5.41) is 0.768. The molecular weight excluding hydrogens is 314 g/mol.